The number of hydrogen-bond acceptors (Lipinski definition) is 7. The fourth-order valence-electron chi connectivity index (χ4n) is 4.18. The number of nitrogens with zero attached hydrogens (tertiary/aromatic N) is 5. The highest BCUT2D eigenvalue weighted by Gasteiger charge is 2.29. The van der Waals surface area contributed by atoms with Crippen LogP contribution in [0.25, 0.3) is 10.9 Å². The molecule has 5 rings (SSSR count). The molecule has 0 bridgehead atoms. The predicted octanol–water partition coefficient (Wildman–Crippen LogP) is 1.65. The summed E-state index contributed by atoms with van der Waals surface area (Å²) in [5.74, 6) is 1.51. The van der Waals surface area contributed by atoms with Gasteiger partial charge in [0.2, 0.25) is 5.16 Å². The Kier molecular flexibility index (Phi) is 6.10. The van der Waals surface area contributed by atoms with Crippen molar-refractivity contribution in [3.63, 3.8) is 0 Å². The maximum Gasteiger partial charge on any atom is 0.298 e. The first-order valence-electron chi connectivity index (χ1n) is 10.7. The van der Waals surface area contributed by atoms with Crippen molar-refractivity contribution in [3.05, 3.63) is 42.4 Å². The summed E-state index contributed by atoms with van der Waals surface area (Å²) in [5.41, 5.74) is 2.20. The molecule has 3 aromatic rings. The van der Waals surface area contributed by atoms with E-state index in [9.17, 15) is 12.6 Å². The molecule has 0 saturated carbocycles. The average Bonchev–Trinajstić information content (AvgIpc) is 3.53. The van der Waals surface area contributed by atoms with Crippen LogP contribution in [0.2, 0.25) is 0 Å². The molecule has 2 aromatic heterocycles. The molecular weight excluding hydrogens is 480 g/mol. The fourth-order valence-corrected chi connectivity index (χ4v) is 7.72. The van der Waals surface area contributed by atoms with E-state index in [2.05, 4.69) is 14.9 Å². The molecule has 0 spiro atoms. The lowest BCUT2D eigenvalue weighted by molar-refractivity contribution is 0.302. The number of aryl methyl sites for hydroxylation is 1. The molecule has 2 aliphatic heterocycles. The first-order chi connectivity index (χ1) is 15.8. The van der Waals surface area contributed by atoms with Crippen molar-refractivity contribution in [2.45, 2.75) is 10.4 Å². The van der Waals surface area contributed by atoms with Gasteiger partial charge in [0, 0.05) is 79.1 Å². The van der Waals surface area contributed by atoms with Crippen molar-refractivity contribution in [1.82, 2.24) is 19.4 Å². The summed E-state index contributed by atoms with van der Waals surface area (Å²) < 4.78 is 40.7. The Morgan fingerprint density at radius 2 is 2.09 bits per heavy atom. The Morgan fingerprint density at radius 1 is 1.30 bits per heavy atom. The highest BCUT2D eigenvalue weighted by Crippen LogP contribution is 2.33. The van der Waals surface area contributed by atoms with Gasteiger partial charge in [-0.15, -0.1) is 0 Å². The van der Waals surface area contributed by atoms with E-state index in [4.69, 9.17) is 4.99 Å². The second kappa shape index (κ2) is 8.90. The normalized spacial score (nSPS) is 20.4. The highest BCUT2D eigenvalue weighted by atomic mass is 32.2. The molecule has 33 heavy (non-hydrogen) atoms. The minimum absolute atomic E-state index is 0.00565. The number of anilines is 1. The molecule has 0 radical (unpaired) electrons. The number of aromatic nitrogens is 3. The summed E-state index contributed by atoms with van der Waals surface area (Å²) in [6.45, 7) is 3.44. The monoisotopic (exact) mass is 506 g/mol. The van der Waals surface area contributed by atoms with Gasteiger partial charge in [0.25, 0.3) is 10.0 Å². The second-order valence-corrected chi connectivity index (χ2v) is 13.1. The zero-order valence-electron chi connectivity index (χ0n) is 18.5. The van der Waals surface area contributed by atoms with Crippen LogP contribution >= 0.6 is 11.8 Å². The van der Waals surface area contributed by atoms with Gasteiger partial charge in [0.05, 0.1) is 23.4 Å². The van der Waals surface area contributed by atoms with Crippen LogP contribution in [-0.4, -0.2) is 87.1 Å². The average molecular weight is 507 g/mol. The first kappa shape index (κ1) is 22.6. The number of aliphatic imine (C=N–C) groups is 1. The Labute approximate surface area is 199 Å². The molecule has 12 heteroatoms. The van der Waals surface area contributed by atoms with Crippen LogP contribution < -0.4 is 4.31 Å². The van der Waals surface area contributed by atoms with Crippen LogP contribution in [0.5, 0.6) is 0 Å². The molecule has 0 amide bonds. The van der Waals surface area contributed by atoms with E-state index < -0.39 is 20.8 Å². The molecule has 176 valence electrons. The smallest absolute Gasteiger partial charge is 0.298 e. The van der Waals surface area contributed by atoms with E-state index in [-0.39, 0.29) is 5.16 Å². The van der Waals surface area contributed by atoms with Gasteiger partial charge in [-0.3, -0.25) is 13.5 Å². The third-order valence-electron chi connectivity index (χ3n) is 6.02. The number of fused-ring (bicyclic) bond motifs is 1. The van der Waals surface area contributed by atoms with Crippen molar-refractivity contribution in [1.29, 1.82) is 0 Å². The maximum atomic E-state index is 13.2. The van der Waals surface area contributed by atoms with E-state index in [1.807, 2.05) is 18.2 Å². The van der Waals surface area contributed by atoms with Crippen LogP contribution in [-0.2, 0) is 27.9 Å². The minimum Gasteiger partial charge on any atom is -0.351 e. The van der Waals surface area contributed by atoms with Crippen LogP contribution in [0.4, 0.5) is 5.69 Å². The number of benzene rings is 1. The summed E-state index contributed by atoms with van der Waals surface area (Å²) in [5, 5.41) is 2.23. The lowest BCUT2D eigenvalue weighted by Crippen LogP contribution is -2.41. The highest BCUT2D eigenvalue weighted by molar-refractivity contribution is 8.15. The number of sulfonamides is 1. The van der Waals surface area contributed by atoms with Gasteiger partial charge in [0.1, 0.15) is 5.04 Å². The Morgan fingerprint density at radius 3 is 2.82 bits per heavy atom. The summed E-state index contributed by atoms with van der Waals surface area (Å²) >= 11 is 1.75. The number of imidazole rings is 1. The van der Waals surface area contributed by atoms with Crippen LogP contribution in [0, 0.1) is 0 Å². The van der Waals surface area contributed by atoms with Crippen LogP contribution in [0.15, 0.2) is 46.8 Å². The number of hydrogen-bond donors (Lipinski definition) is 1. The molecule has 1 unspecified atom stereocenters. The first-order valence-corrected chi connectivity index (χ1v) is 14.5. The minimum atomic E-state index is -3.81. The standard InChI is InChI=1S/C21H26N6O3S3/c1-25-7-6-22-21(25)33(29,30)26(2)18-5-3-4-15-12-17(24-19(15)18)20-23-13-16(31-20)14-27-8-10-32(28)11-9-27/h3-7,12,16,24H,8-11,13-14H2,1-2H3. The quantitative estimate of drug-likeness (QED) is 0.545. The topological polar surface area (TPSA) is 104 Å². The summed E-state index contributed by atoms with van der Waals surface area (Å²) in [7, 11) is -1.27. The summed E-state index contributed by atoms with van der Waals surface area (Å²) in [6.07, 6.45) is 3.09. The van der Waals surface area contributed by atoms with E-state index in [0.717, 1.165) is 59.3 Å². The van der Waals surface area contributed by atoms with E-state index in [1.54, 1.807) is 38.1 Å². The predicted molar refractivity (Wildman–Crippen MR) is 134 cm³/mol. The zero-order valence-corrected chi connectivity index (χ0v) is 20.9. The third-order valence-corrected chi connectivity index (χ3v) is 10.3. The Bertz CT molecular complexity index is 1340. The lowest BCUT2D eigenvalue weighted by Gasteiger charge is -2.27. The van der Waals surface area contributed by atoms with E-state index in [1.165, 1.54) is 15.1 Å². The molecule has 1 fully saturated rings. The zero-order chi connectivity index (χ0) is 23.2. The number of para-hydroxylation sites is 1. The number of rotatable bonds is 6. The summed E-state index contributed by atoms with van der Waals surface area (Å²) in [4.78, 5) is 14.6. The van der Waals surface area contributed by atoms with Crippen molar-refractivity contribution in [2.24, 2.45) is 12.0 Å². The Hall–Kier alpha value is -2.15. The molecule has 1 aromatic carbocycles. The van der Waals surface area contributed by atoms with Crippen LogP contribution in [0.3, 0.4) is 0 Å². The van der Waals surface area contributed by atoms with Crippen molar-refractivity contribution in [2.75, 3.05) is 49.0 Å². The number of thioether (sulfide) groups is 1. The largest absolute Gasteiger partial charge is 0.351 e. The number of H-pyrrole nitrogens is 1. The second-order valence-electron chi connectivity index (χ2n) is 8.25. The molecule has 9 nitrogen and oxygen atoms in total. The summed E-state index contributed by atoms with van der Waals surface area (Å²) in [6, 6.07) is 7.63. The lowest BCUT2D eigenvalue weighted by atomic mass is 10.2. The van der Waals surface area contributed by atoms with E-state index in [0.29, 0.717) is 10.9 Å². The van der Waals surface area contributed by atoms with Crippen molar-refractivity contribution in [3.8, 4) is 0 Å². The van der Waals surface area contributed by atoms with Gasteiger partial charge in [0.15, 0.2) is 0 Å². The van der Waals surface area contributed by atoms with Gasteiger partial charge in [-0.25, -0.2) is 4.98 Å². The third kappa shape index (κ3) is 4.36. The molecule has 2 aliphatic rings. The van der Waals surface area contributed by atoms with Crippen molar-refractivity contribution < 1.29 is 12.6 Å². The van der Waals surface area contributed by atoms with Gasteiger partial charge < -0.3 is 14.5 Å². The van der Waals surface area contributed by atoms with E-state index >= 15 is 0 Å². The van der Waals surface area contributed by atoms with Gasteiger partial charge in [-0.05, 0) is 12.1 Å². The van der Waals surface area contributed by atoms with Gasteiger partial charge >= 0.3 is 0 Å². The molecule has 1 N–H and O–H groups in total. The molecular formula is C21H26N6O3S3. The molecule has 4 heterocycles. The number of nitrogens with one attached hydrogen (secondary N) is 1. The molecule has 0 aliphatic carbocycles. The Balaban J connectivity index is 1.36. The van der Waals surface area contributed by atoms with Gasteiger partial charge in [-0.2, -0.15) is 8.42 Å². The molecule has 1 saturated heterocycles. The van der Waals surface area contributed by atoms with Crippen LogP contribution in [0.1, 0.15) is 5.69 Å². The van der Waals surface area contributed by atoms with Gasteiger partial charge in [-0.1, -0.05) is 23.9 Å². The maximum absolute atomic E-state index is 13.2. The SMILES string of the molecule is CN(c1cccc2cc(C3=NCC(CN4CCS(=O)CC4)S3)[nH]c12)S(=O)(=O)c1nccn1C. The fraction of sp³-hybridized carbons (Fsp3) is 0.429. The molecule has 1 atom stereocenters. The van der Waals surface area contributed by atoms with Crippen molar-refractivity contribution >= 4 is 54.2 Å². The number of aromatic amines is 1.